The maximum atomic E-state index is 9.29. The molecule has 3 nitrogen and oxygen atoms in total. The Morgan fingerprint density at radius 2 is 2.20 bits per heavy atom. The molecule has 3 N–H and O–H groups in total. The van der Waals surface area contributed by atoms with Crippen LogP contribution in [0.1, 0.15) is 12.8 Å². The molecule has 60 valence electrons. The third-order valence-corrected chi connectivity index (χ3v) is 2.30. The molecule has 10 heavy (non-hydrogen) atoms. The van der Waals surface area contributed by atoms with E-state index in [9.17, 15) is 5.11 Å². The first-order chi connectivity index (χ1) is 4.77. The molecule has 1 aliphatic carbocycles. The van der Waals surface area contributed by atoms with Crippen molar-refractivity contribution in [1.82, 2.24) is 5.32 Å². The van der Waals surface area contributed by atoms with Crippen molar-refractivity contribution in [3.63, 3.8) is 0 Å². The summed E-state index contributed by atoms with van der Waals surface area (Å²) in [5, 5.41) is 21.1. The topological polar surface area (TPSA) is 52.5 Å². The summed E-state index contributed by atoms with van der Waals surface area (Å²) in [5.74, 6) is 0.0949. The number of hydrogen-bond donors (Lipinski definition) is 3. The minimum atomic E-state index is -0.303. The fourth-order valence-corrected chi connectivity index (χ4v) is 1.53. The van der Waals surface area contributed by atoms with Gasteiger partial charge in [0, 0.05) is 18.6 Å². The van der Waals surface area contributed by atoms with E-state index in [1.165, 1.54) is 0 Å². The van der Waals surface area contributed by atoms with Crippen LogP contribution in [0.2, 0.25) is 0 Å². The molecular formula is C7H15NO2. The van der Waals surface area contributed by atoms with Crippen molar-refractivity contribution >= 4 is 0 Å². The second-order valence-corrected chi connectivity index (χ2v) is 2.97. The van der Waals surface area contributed by atoms with Gasteiger partial charge in [0.1, 0.15) is 0 Å². The molecule has 0 saturated heterocycles. The van der Waals surface area contributed by atoms with Crippen molar-refractivity contribution in [2.45, 2.75) is 25.0 Å². The van der Waals surface area contributed by atoms with Gasteiger partial charge in [-0.15, -0.1) is 0 Å². The normalized spacial score (nSPS) is 40.5. The summed E-state index contributed by atoms with van der Waals surface area (Å²) in [7, 11) is 1.89. The first-order valence-electron chi connectivity index (χ1n) is 3.74. The third kappa shape index (κ3) is 1.48. The number of aliphatic hydroxyl groups is 2. The number of nitrogens with one attached hydrogen (secondary N) is 1. The molecule has 0 heterocycles. The molecule has 0 aliphatic heterocycles. The summed E-state index contributed by atoms with van der Waals surface area (Å²) in [6.45, 7) is 0.110. The predicted octanol–water partition coefficient (Wildman–Crippen LogP) is -0.662. The third-order valence-electron chi connectivity index (χ3n) is 2.30. The summed E-state index contributed by atoms with van der Waals surface area (Å²) in [4.78, 5) is 0. The molecule has 3 heteroatoms. The number of aliphatic hydroxyl groups excluding tert-OH is 2. The fraction of sp³-hybridized carbons (Fsp3) is 1.00. The van der Waals surface area contributed by atoms with Crippen molar-refractivity contribution in [3.8, 4) is 0 Å². The van der Waals surface area contributed by atoms with Gasteiger partial charge in [0.05, 0.1) is 6.10 Å². The summed E-state index contributed by atoms with van der Waals surface area (Å²) in [6.07, 6.45) is 1.37. The Morgan fingerprint density at radius 1 is 1.50 bits per heavy atom. The fourth-order valence-electron chi connectivity index (χ4n) is 1.53. The Morgan fingerprint density at radius 3 is 2.50 bits per heavy atom. The van der Waals surface area contributed by atoms with E-state index in [2.05, 4.69) is 5.32 Å². The van der Waals surface area contributed by atoms with E-state index in [1.807, 2.05) is 7.05 Å². The van der Waals surface area contributed by atoms with E-state index in [4.69, 9.17) is 5.11 Å². The Bertz CT molecular complexity index is 108. The Balaban J connectivity index is 2.36. The quantitative estimate of drug-likeness (QED) is 0.483. The lowest BCUT2D eigenvalue weighted by Gasteiger charge is -2.08. The summed E-state index contributed by atoms with van der Waals surface area (Å²) in [5.41, 5.74) is 0. The molecule has 0 amide bonds. The van der Waals surface area contributed by atoms with Crippen LogP contribution in [0.5, 0.6) is 0 Å². The van der Waals surface area contributed by atoms with Gasteiger partial charge in [-0.05, 0) is 19.9 Å². The molecule has 0 aromatic heterocycles. The second kappa shape index (κ2) is 3.32. The average Bonchev–Trinajstić information content (AvgIpc) is 2.30. The van der Waals surface area contributed by atoms with E-state index in [-0.39, 0.29) is 18.6 Å². The van der Waals surface area contributed by atoms with Gasteiger partial charge in [-0.1, -0.05) is 0 Å². The molecule has 0 aromatic rings. The van der Waals surface area contributed by atoms with Crippen LogP contribution in [0.15, 0.2) is 0 Å². The van der Waals surface area contributed by atoms with Crippen LogP contribution < -0.4 is 5.32 Å². The van der Waals surface area contributed by atoms with Gasteiger partial charge < -0.3 is 15.5 Å². The zero-order chi connectivity index (χ0) is 7.56. The number of hydrogen-bond acceptors (Lipinski definition) is 3. The van der Waals surface area contributed by atoms with Crippen molar-refractivity contribution in [2.24, 2.45) is 5.92 Å². The minimum absolute atomic E-state index is 0.0949. The molecular weight excluding hydrogens is 130 g/mol. The van der Waals surface area contributed by atoms with E-state index < -0.39 is 0 Å². The van der Waals surface area contributed by atoms with Crippen molar-refractivity contribution in [2.75, 3.05) is 13.7 Å². The lowest BCUT2D eigenvalue weighted by atomic mass is 10.1. The van der Waals surface area contributed by atoms with Gasteiger partial charge in [-0.3, -0.25) is 0 Å². The minimum Gasteiger partial charge on any atom is -0.396 e. The molecule has 1 fully saturated rings. The lowest BCUT2D eigenvalue weighted by Crippen LogP contribution is -2.21. The van der Waals surface area contributed by atoms with Gasteiger partial charge in [0.2, 0.25) is 0 Å². The van der Waals surface area contributed by atoms with Crippen LogP contribution in [0, 0.1) is 5.92 Å². The monoisotopic (exact) mass is 145 g/mol. The van der Waals surface area contributed by atoms with Gasteiger partial charge in [0.15, 0.2) is 0 Å². The summed E-state index contributed by atoms with van der Waals surface area (Å²) >= 11 is 0. The SMILES string of the molecule is CN[C@H]1C[C@H](CO)[C@H](O)C1. The first kappa shape index (κ1) is 7.98. The second-order valence-electron chi connectivity index (χ2n) is 2.97. The maximum Gasteiger partial charge on any atom is 0.0605 e. The maximum absolute atomic E-state index is 9.29. The Labute approximate surface area is 61.1 Å². The molecule has 1 rings (SSSR count). The lowest BCUT2D eigenvalue weighted by molar-refractivity contribution is 0.0907. The van der Waals surface area contributed by atoms with Crippen molar-refractivity contribution < 1.29 is 10.2 Å². The van der Waals surface area contributed by atoms with Crippen LogP contribution in [-0.2, 0) is 0 Å². The number of rotatable bonds is 2. The van der Waals surface area contributed by atoms with Crippen molar-refractivity contribution in [1.29, 1.82) is 0 Å². The average molecular weight is 145 g/mol. The van der Waals surface area contributed by atoms with Gasteiger partial charge in [-0.2, -0.15) is 0 Å². The zero-order valence-electron chi connectivity index (χ0n) is 6.25. The standard InChI is InChI=1S/C7H15NO2/c1-8-6-2-5(4-9)7(10)3-6/h5-10H,2-4H2,1H3/t5-,6+,7-/m1/s1. The van der Waals surface area contributed by atoms with E-state index in [0.29, 0.717) is 6.04 Å². The van der Waals surface area contributed by atoms with Crippen molar-refractivity contribution in [3.05, 3.63) is 0 Å². The van der Waals surface area contributed by atoms with E-state index in [0.717, 1.165) is 12.8 Å². The Hall–Kier alpha value is -0.120. The molecule has 1 saturated carbocycles. The summed E-state index contributed by atoms with van der Waals surface area (Å²) in [6, 6.07) is 0.396. The molecule has 0 spiro atoms. The van der Waals surface area contributed by atoms with E-state index >= 15 is 0 Å². The predicted molar refractivity (Wildman–Crippen MR) is 38.7 cm³/mol. The van der Waals surface area contributed by atoms with Crippen LogP contribution in [-0.4, -0.2) is 36.0 Å². The van der Waals surface area contributed by atoms with Gasteiger partial charge in [-0.25, -0.2) is 0 Å². The van der Waals surface area contributed by atoms with Crippen LogP contribution >= 0.6 is 0 Å². The molecule has 0 bridgehead atoms. The highest BCUT2D eigenvalue weighted by atomic mass is 16.3. The van der Waals surface area contributed by atoms with Crippen LogP contribution in [0.25, 0.3) is 0 Å². The highest BCUT2D eigenvalue weighted by molar-refractivity contribution is 4.85. The summed E-state index contributed by atoms with van der Waals surface area (Å²) < 4.78 is 0. The largest absolute Gasteiger partial charge is 0.396 e. The zero-order valence-corrected chi connectivity index (χ0v) is 6.25. The first-order valence-corrected chi connectivity index (χ1v) is 3.74. The van der Waals surface area contributed by atoms with Gasteiger partial charge >= 0.3 is 0 Å². The molecule has 3 atom stereocenters. The molecule has 0 aromatic carbocycles. The van der Waals surface area contributed by atoms with E-state index in [1.54, 1.807) is 0 Å². The van der Waals surface area contributed by atoms with Gasteiger partial charge in [0.25, 0.3) is 0 Å². The Kier molecular flexibility index (Phi) is 2.65. The highest BCUT2D eigenvalue weighted by Gasteiger charge is 2.31. The smallest absolute Gasteiger partial charge is 0.0605 e. The van der Waals surface area contributed by atoms with Crippen LogP contribution in [0.3, 0.4) is 0 Å². The highest BCUT2D eigenvalue weighted by Crippen LogP contribution is 2.24. The van der Waals surface area contributed by atoms with Crippen LogP contribution in [0.4, 0.5) is 0 Å². The molecule has 0 radical (unpaired) electrons. The molecule has 1 aliphatic rings. The molecule has 0 unspecified atom stereocenters.